The lowest BCUT2D eigenvalue weighted by atomic mass is 10.2. The van der Waals surface area contributed by atoms with Crippen molar-refractivity contribution in [2.75, 3.05) is 5.32 Å². The highest BCUT2D eigenvalue weighted by Gasteiger charge is 2.10. The molecular weight excluding hydrogens is 208 g/mol. The zero-order chi connectivity index (χ0) is 11.5. The van der Waals surface area contributed by atoms with Crippen LogP contribution in [0.1, 0.15) is 13.3 Å². The second kappa shape index (κ2) is 4.22. The zero-order valence-electron chi connectivity index (χ0n) is 8.80. The largest absolute Gasteiger partial charge is 0.481 e. The Morgan fingerprint density at radius 3 is 3.19 bits per heavy atom. The van der Waals surface area contributed by atoms with Crippen LogP contribution in [0.15, 0.2) is 29.0 Å². The molecule has 5 nitrogen and oxygen atoms in total. The molecule has 2 heterocycles. The van der Waals surface area contributed by atoms with Crippen molar-refractivity contribution in [2.24, 2.45) is 0 Å². The fourth-order valence-corrected chi connectivity index (χ4v) is 1.56. The summed E-state index contributed by atoms with van der Waals surface area (Å²) >= 11 is 0. The van der Waals surface area contributed by atoms with Crippen LogP contribution in [-0.4, -0.2) is 22.1 Å². The first-order valence-electron chi connectivity index (χ1n) is 4.97. The summed E-state index contributed by atoms with van der Waals surface area (Å²) < 4.78 is 5.22. The topological polar surface area (TPSA) is 75.4 Å². The molecule has 0 radical (unpaired) electrons. The van der Waals surface area contributed by atoms with Crippen molar-refractivity contribution in [3.63, 3.8) is 0 Å². The predicted molar refractivity (Wildman–Crippen MR) is 59.3 cm³/mol. The fourth-order valence-electron chi connectivity index (χ4n) is 1.56. The number of pyridine rings is 1. The number of fused-ring (bicyclic) bond motifs is 1. The Morgan fingerprint density at radius 2 is 2.44 bits per heavy atom. The maximum atomic E-state index is 10.5. The Bertz CT molecular complexity index is 507. The maximum absolute atomic E-state index is 10.5. The van der Waals surface area contributed by atoms with Gasteiger partial charge in [0, 0.05) is 12.2 Å². The van der Waals surface area contributed by atoms with Crippen molar-refractivity contribution in [1.82, 2.24) is 4.98 Å². The fraction of sp³-hybridized carbons (Fsp3) is 0.273. The molecule has 0 fully saturated rings. The molecule has 0 aliphatic rings. The van der Waals surface area contributed by atoms with Gasteiger partial charge in [0.2, 0.25) is 0 Å². The van der Waals surface area contributed by atoms with Gasteiger partial charge in [-0.1, -0.05) is 0 Å². The van der Waals surface area contributed by atoms with Crippen LogP contribution < -0.4 is 5.32 Å². The number of nitrogens with zero attached hydrogens (tertiary/aromatic N) is 1. The number of hydrogen-bond acceptors (Lipinski definition) is 4. The average molecular weight is 220 g/mol. The number of anilines is 1. The van der Waals surface area contributed by atoms with Crippen LogP contribution in [0.3, 0.4) is 0 Å². The quantitative estimate of drug-likeness (QED) is 0.825. The number of carbonyl (C=O) groups is 1. The van der Waals surface area contributed by atoms with E-state index in [9.17, 15) is 4.79 Å². The predicted octanol–water partition coefficient (Wildman–Crippen LogP) is 2.10. The first-order chi connectivity index (χ1) is 7.66. The van der Waals surface area contributed by atoms with E-state index in [1.807, 2.05) is 0 Å². The van der Waals surface area contributed by atoms with Gasteiger partial charge in [-0.15, -0.1) is 0 Å². The van der Waals surface area contributed by atoms with Crippen LogP contribution >= 0.6 is 0 Å². The number of furan rings is 1. The SMILES string of the molecule is CC(CC(=O)O)Nc1nccc2occc12. The Hall–Kier alpha value is -2.04. The van der Waals surface area contributed by atoms with Crippen molar-refractivity contribution in [1.29, 1.82) is 0 Å². The minimum absolute atomic E-state index is 0.0515. The molecule has 5 heteroatoms. The summed E-state index contributed by atoms with van der Waals surface area (Å²) in [5, 5.41) is 12.6. The first-order valence-corrected chi connectivity index (χ1v) is 4.97. The van der Waals surface area contributed by atoms with E-state index >= 15 is 0 Å². The summed E-state index contributed by atoms with van der Waals surface area (Å²) in [4.78, 5) is 14.7. The van der Waals surface area contributed by atoms with Crippen molar-refractivity contribution >= 4 is 22.8 Å². The van der Waals surface area contributed by atoms with Gasteiger partial charge in [0.05, 0.1) is 18.1 Å². The van der Waals surface area contributed by atoms with Crippen LogP contribution in [0.4, 0.5) is 5.82 Å². The van der Waals surface area contributed by atoms with Crippen LogP contribution in [0.2, 0.25) is 0 Å². The van der Waals surface area contributed by atoms with E-state index in [0.29, 0.717) is 5.82 Å². The van der Waals surface area contributed by atoms with Gasteiger partial charge in [0.15, 0.2) is 0 Å². The second-order valence-corrected chi connectivity index (χ2v) is 3.64. The van der Waals surface area contributed by atoms with Crippen LogP contribution in [0.25, 0.3) is 11.0 Å². The highest BCUT2D eigenvalue weighted by atomic mass is 16.4. The van der Waals surface area contributed by atoms with Crippen molar-refractivity contribution in [3.05, 3.63) is 24.6 Å². The lowest BCUT2D eigenvalue weighted by molar-refractivity contribution is -0.137. The van der Waals surface area contributed by atoms with Gasteiger partial charge in [0.1, 0.15) is 11.4 Å². The average Bonchev–Trinajstić information content (AvgIpc) is 2.65. The molecule has 0 saturated heterocycles. The molecule has 2 rings (SSSR count). The molecule has 0 saturated carbocycles. The van der Waals surface area contributed by atoms with Crippen molar-refractivity contribution in [3.8, 4) is 0 Å². The number of aliphatic carboxylic acids is 1. The maximum Gasteiger partial charge on any atom is 0.305 e. The zero-order valence-corrected chi connectivity index (χ0v) is 8.80. The van der Waals surface area contributed by atoms with Gasteiger partial charge in [-0.3, -0.25) is 4.79 Å². The number of nitrogens with one attached hydrogen (secondary N) is 1. The van der Waals surface area contributed by atoms with E-state index in [2.05, 4.69) is 10.3 Å². The van der Waals surface area contributed by atoms with E-state index in [0.717, 1.165) is 11.0 Å². The summed E-state index contributed by atoms with van der Waals surface area (Å²) in [6.45, 7) is 1.80. The Labute approximate surface area is 92.1 Å². The standard InChI is InChI=1S/C11H12N2O3/c1-7(6-10(14)15)13-11-8-3-5-16-9(8)2-4-12-11/h2-5,7H,6H2,1H3,(H,12,13)(H,14,15). The van der Waals surface area contributed by atoms with Gasteiger partial charge < -0.3 is 14.8 Å². The third-order valence-corrected chi connectivity index (χ3v) is 2.24. The smallest absolute Gasteiger partial charge is 0.305 e. The molecule has 0 spiro atoms. The molecule has 2 aromatic heterocycles. The molecule has 2 N–H and O–H groups in total. The Morgan fingerprint density at radius 1 is 1.62 bits per heavy atom. The van der Waals surface area contributed by atoms with Gasteiger partial charge in [-0.25, -0.2) is 4.98 Å². The molecule has 84 valence electrons. The molecular formula is C11H12N2O3. The minimum atomic E-state index is -0.834. The molecule has 1 unspecified atom stereocenters. The molecule has 0 aliphatic carbocycles. The molecule has 16 heavy (non-hydrogen) atoms. The molecule has 1 atom stereocenters. The highest BCUT2D eigenvalue weighted by Crippen LogP contribution is 2.22. The van der Waals surface area contributed by atoms with Gasteiger partial charge in [0.25, 0.3) is 0 Å². The van der Waals surface area contributed by atoms with Gasteiger partial charge in [-0.05, 0) is 19.1 Å². The van der Waals surface area contributed by atoms with Crippen LogP contribution in [0, 0.1) is 0 Å². The van der Waals surface area contributed by atoms with Crippen LogP contribution in [0.5, 0.6) is 0 Å². The third kappa shape index (κ3) is 2.13. The van der Waals surface area contributed by atoms with E-state index in [4.69, 9.17) is 9.52 Å². The first kappa shape index (κ1) is 10.5. The Balaban J connectivity index is 2.20. The van der Waals surface area contributed by atoms with Crippen LogP contribution in [-0.2, 0) is 4.79 Å². The monoisotopic (exact) mass is 220 g/mol. The number of rotatable bonds is 4. The van der Waals surface area contributed by atoms with Gasteiger partial charge in [-0.2, -0.15) is 0 Å². The third-order valence-electron chi connectivity index (χ3n) is 2.24. The summed E-state index contributed by atoms with van der Waals surface area (Å²) in [6, 6.07) is 3.39. The highest BCUT2D eigenvalue weighted by molar-refractivity contribution is 5.88. The lowest BCUT2D eigenvalue weighted by Crippen LogP contribution is -2.19. The number of carboxylic acid groups (broad SMARTS) is 1. The molecule has 0 aliphatic heterocycles. The van der Waals surface area contributed by atoms with Gasteiger partial charge >= 0.3 is 5.97 Å². The molecule has 0 aromatic carbocycles. The number of carboxylic acids is 1. The molecule has 2 aromatic rings. The van der Waals surface area contributed by atoms with E-state index in [1.165, 1.54) is 0 Å². The number of aromatic nitrogens is 1. The van der Waals surface area contributed by atoms with E-state index < -0.39 is 5.97 Å². The summed E-state index contributed by atoms with van der Waals surface area (Å²) in [7, 11) is 0. The second-order valence-electron chi connectivity index (χ2n) is 3.64. The van der Waals surface area contributed by atoms with Crippen molar-refractivity contribution < 1.29 is 14.3 Å². The minimum Gasteiger partial charge on any atom is -0.481 e. The normalized spacial score (nSPS) is 12.6. The molecule has 0 amide bonds. The summed E-state index contributed by atoms with van der Waals surface area (Å²) in [5.74, 6) is -0.181. The van der Waals surface area contributed by atoms with E-state index in [-0.39, 0.29) is 12.5 Å². The summed E-state index contributed by atoms with van der Waals surface area (Å²) in [6.07, 6.45) is 3.26. The number of hydrogen-bond donors (Lipinski definition) is 2. The molecule has 0 bridgehead atoms. The lowest BCUT2D eigenvalue weighted by Gasteiger charge is -2.12. The van der Waals surface area contributed by atoms with Crippen molar-refractivity contribution in [2.45, 2.75) is 19.4 Å². The van der Waals surface area contributed by atoms with E-state index in [1.54, 1.807) is 31.5 Å². The Kier molecular flexibility index (Phi) is 2.76. The summed E-state index contributed by atoms with van der Waals surface area (Å²) in [5.41, 5.74) is 0.736.